The highest BCUT2D eigenvalue weighted by Crippen LogP contribution is 2.25. The van der Waals surface area contributed by atoms with Crippen molar-refractivity contribution in [3.63, 3.8) is 0 Å². The van der Waals surface area contributed by atoms with Crippen LogP contribution in [0.4, 0.5) is 0 Å². The molecule has 0 aliphatic carbocycles. The molecule has 0 fully saturated rings. The molecule has 0 radical (unpaired) electrons. The maximum Gasteiger partial charge on any atom is 0.119 e. The van der Waals surface area contributed by atoms with Crippen LogP contribution in [-0.4, -0.2) is 7.11 Å². The Hall–Kier alpha value is -1.72. The van der Waals surface area contributed by atoms with E-state index in [2.05, 4.69) is 28.8 Å². The second kappa shape index (κ2) is 7.54. The van der Waals surface area contributed by atoms with Crippen LogP contribution in [0.15, 0.2) is 41.1 Å². The first-order chi connectivity index (χ1) is 8.31. The molecule has 2 rings (SSSR count). The van der Waals surface area contributed by atoms with Crippen molar-refractivity contribution in [3.05, 3.63) is 41.1 Å². The van der Waals surface area contributed by atoms with Gasteiger partial charge in [-0.2, -0.15) is 11.3 Å². The summed E-state index contributed by atoms with van der Waals surface area (Å²) in [5, 5.41) is 4.21. The van der Waals surface area contributed by atoms with Crippen molar-refractivity contribution in [1.29, 1.82) is 0 Å². The van der Waals surface area contributed by atoms with Crippen molar-refractivity contribution in [3.8, 4) is 29.2 Å². The van der Waals surface area contributed by atoms with Gasteiger partial charge in [-0.3, -0.25) is 0 Å². The molecule has 0 spiro atoms. The molecule has 1 heterocycles. The molecule has 17 heavy (non-hydrogen) atoms. The molecule has 1 nitrogen and oxygen atoms in total. The highest BCUT2D eigenvalue weighted by atomic mass is 32.1. The highest BCUT2D eigenvalue weighted by molar-refractivity contribution is 7.08. The second-order valence-electron chi connectivity index (χ2n) is 3.30. The van der Waals surface area contributed by atoms with Gasteiger partial charge in [-0.05, 0) is 40.1 Å². The predicted molar refractivity (Wildman–Crippen MR) is 75.4 cm³/mol. The van der Waals surface area contributed by atoms with E-state index in [1.54, 1.807) is 18.4 Å². The number of ether oxygens (including phenoxy) is 1. The Morgan fingerprint density at radius 3 is 2.59 bits per heavy atom. The van der Waals surface area contributed by atoms with Crippen LogP contribution in [0.2, 0.25) is 0 Å². The van der Waals surface area contributed by atoms with Crippen molar-refractivity contribution in [2.45, 2.75) is 13.3 Å². The summed E-state index contributed by atoms with van der Waals surface area (Å²) in [6, 6.07) is 10.2. The lowest BCUT2D eigenvalue weighted by Gasteiger charge is -2.01. The van der Waals surface area contributed by atoms with Crippen molar-refractivity contribution in [1.82, 2.24) is 0 Å². The fourth-order valence-corrected chi connectivity index (χ4v) is 1.90. The second-order valence-corrected chi connectivity index (χ2v) is 4.08. The topological polar surface area (TPSA) is 9.23 Å². The third-order valence-corrected chi connectivity index (χ3v) is 2.81. The number of benzene rings is 1. The van der Waals surface area contributed by atoms with E-state index in [1.807, 2.05) is 25.1 Å². The van der Waals surface area contributed by atoms with E-state index < -0.39 is 0 Å². The lowest BCUT2D eigenvalue weighted by atomic mass is 10.1. The number of terminal acetylenes is 1. The summed E-state index contributed by atoms with van der Waals surface area (Å²) in [5.74, 6) is 3.34. The maximum absolute atomic E-state index is 5.16. The summed E-state index contributed by atoms with van der Waals surface area (Å²) in [7, 11) is 1.69. The van der Waals surface area contributed by atoms with Gasteiger partial charge in [-0.25, -0.2) is 0 Å². The SMILES string of the molecule is C#CCC.COc1cccc(-c2ccsc2)c1. The van der Waals surface area contributed by atoms with Gasteiger partial charge in [0.25, 0.3) is 0 Å². The van der Waals surface area contributed by atoms with Gasteiger partial charge in [0.1, 0.15) is 5.75 Å². The van der Waals surface area contributed by atoms with Crippen LogP contribution in [0.25, 0.3) is 11.1 Å². The van der Waals surface area contributed by atoms with Crippen LogP contribution in [0, 0.1) is 12.3 Å². The number of hydrogen-bond acceptors (Lipinski definition) is 2. The van der Waals surface area contributed by atoms with Gasteiger partial charge in [0.15, 0.2) is 0 Å². The van der Waals surface area contributed by atoms with Gasteiger partial charge < -0.3 is 4.74 Å². The maximum atomic E-state index is 5.16. The zero-order chi connectivity index (χ0) is 12.5. The summed E-state index contributed by atoms with van der Waals surface area (Å²) in [5.41, 5.74) is 2.46. The Morgan fingerprint density at radius 2 is 2.06 bits per heavy atom. The summed E-state index contributed by atoms with van der Waals surface area (Å²) < 4.78 is 5.16. The third kappa shape index (κ3) is 4.34. The Morgan fingerprint density at radius 1 is 1.29 bits per heavy atom. The molecule has 0 aliphatic heterocycles. The minimum atomic E-state index is 0.847. The number of rotatable bonds is 2. The molecule has 0 atom stereocenters. The van der Waals surface area contributed by atoms with Crippen molar-refractivity contribution >= 4 is 11.3 Å². The molecule has 1 aromatic heterocycles. The number of methoxy groups -OCH3 is 1. The Balaban J connectivity index is 0.000000317. The Labute approximate surface area is 107 Å². The van der Waals surface area contributed by atoms with E-state index in [0.717, 1.165) is 12.2 Å². The monoisotopic (exact) mass is 244 g/mol. The van der Waals surface area contributed by atoms with Gasteiger partial charge in [0.2, 0.25) is 0 Å². The van der Waals surface area contributed by atoms with Gasteiger partial charge >= 0.3 is 0 Å². The minimum Gasteiger partial charge on any atom is -0.497 e. The Bertz CT molecular complexity index is 466. The van der Waals surface area contributed by atoms with Gasteiger partial charge in [0.05, 0.1) is 7.11 Å². The lowest BCUT2D eigenvalue weighted by molar-refractivity contribution is 0.415. The van der Waals surface area contributed by atoms with Crippen LogP contribution >= 0.6 is 11.3 Å². The average Bonchev–Trinajstić information content (AvgIpc) is 2.93. The molecule has 0 bridgehead atoms. The minimum absolute atomic E-state index is 0.847. The molecule has 1 aromatic carbocycles. The van der Waals surface area contributed by atoms with Crippen LogP contribution in [0.3, 0.4) is 0 Å². The first-order valence-corrected chi connectivity index (χ1v) is 6.36. The summed E-state index contributed by atoms with van der Waals surface area (Å²) in [6.07, 6.45) is 5.62. The van der Waals surface area contributed by atoms with E-state index in [1.165, 1.54) is 11.1 Å². The van der Waals surface area contributed by atoms with Crippen LogP contribution in [-0.2, 0) is 0 Å². The number of thiophene rings is 1. The molecule has 2 aromatic rings. The first-order valence-electron chi connectivity index (χ1n) is 5.42. The van der Waals surface area contributed by atoms with Crippen molar-refractivity contribution in [2.75, 3.05) is 7.11 Å². The molecule has 0 amide bonds. The van der Waals surface area contributed by atoms with Gasteiger partial charge in [-0.1, -0.05) is 19.1 Å². The van der Waals surface area contributed by atoms with Crippen LogP contribution in [0.5, 0.6) is 5.75 Å². The van der Waals surface area contributed by atoms with Gasteiger partial charge in [-0.15, -0.1) is 12.3 Å². The molecular formula is C15H16OS. The standard InChI is InChI=1S/C11H10OS.C4H6/c1-12-11-4-2-3-9(7-11)10-5-6-13-8-10;1-3-4-2/h2-8H,1H3;1H,4H2,2H3. The molecule has 0 aliphatic rings. The fourth-order valence-electron chi connectivity index (χ4n) is 1.23. The smallest absolute Gasteiger partial charge is 0.119 e. The summed E-state index contributed by atoms with van der Waals surface area (Å²) in [6.45, 7) is 1.94. The molecule has 0 unspecified atom stereocenters. The van der Waals surface area contributed by atoms with E-state index in [0.29, 0.717) is 0 Å². The first kappa shape index (κ1) is 13.3. The quantitative estimate of drug-likeness (QED) is 0.709. The van der Waals surface area contributed by atoms with Crippen LogP contribution < -0.4 is 4.74 Å². The molecule has 88 valence electrons. The van der Waals surface area contributed by atoms with Crippen molar-refractivity contribution in [2.24, 2.45) is 0 Å². The van der Waals surface area contributed by atoms with Crippen molar-refractivity contribution < 1.29 is 4.74 Å². The molecule has 0 saturated carbocycles. The summed E-state index contributed by atoms with van der Waals surface area (Å²) >= 11 is 1.71. The molecule has 0 saturated heterocycles. The predicted octanol–water partition coefficient (Wildman–Crippen LogP) is 4.45. The third-order valence-electron chi connectivity index (χ3n) is 2.13. The van der Waals surface area contributed by atoms with E-state index >= 15 is 0 Å². The number of hydrogen-bond donors (Lipinski definition) is 0. The summed E-state index contributed by atoms with van der Waals surface area (Å²) in [4.78, 5) is 0. The van der Waals surface area contributed by atoms with E-state index in [9.17, 15) is 0 Å². The van der Waals surface area contributed by atoms with Gasteiger partial charge in [0, 0.05) is 6.42 Å². The zero-order valence-corrected chi connectivity index (χ0v) is 11.0. The van der Waals surface area contributed by atoms with E-state index in [4.69, 9.17) is 11.2 Å². The molecule has 0 N–H and O–H groups in total. The normalized spacial score (nSPS) is 8.76. The Kier molecular flexibility index (Phi) is 5.92. The molecular weight excluding hydrogens is 228 g/mol. The largest absolute Gasteiger partial charge is 0.497 e. The average molecular weight is 244 g/mol. The highest BCUT2D eigenvalue weighted by Gasteiger charge is 1.98. The fraction of sp³-hybridized carbons (Fsp3) is 0.200. The molecule has 2 heteroatoms. The van der Waals surface area contributed by atoms with Crippen LogP contribution in [0.1, 0.15) is 13.3 Å². The lowest BCUT2D eigenvalue weighted by Crippen LogP contribution is -1.82. The zero-order valence-electron chi connectivity index (χ0n) is 10.1. The van der Waals surface area contributed by atoms with E-state index in [-0.39, 0.29) is 0 Å².